The minimum Gasteiger partial charge on any atom is -0.772 e. The zero-order valence-corrected chi connectivity index (χ0v) is 8.50. The molecule has 0 spiro atoms. The second-order valence-corrected chi connectivity index (χ2v) is 2.32. The third kappa shape index (κ3) is 13.8. The fourth-order valence-electron chi connectivity index (χ4n) is 0.225. The van der Waals surface area contributed by atoms with Crippen LogP contribution in [0, 0.1) is 0 Å². The summed E-state index contributed by atoms with van der Waals surface area (Å²) in [5, 5.41) is 0. The van der Waals surface area contributed by atoms with Gasteiger partial charge in [-0.05, 0) is 0 Å². The van der Waals surface area contributed by atoms with Crippen molar-refractivity contribution >= 4 is 11.1 Å². The third-order valence-electron chi connectivity index (χ3n) is 0.516. The average Bonchev–Trinajstić information content (AvgIpc) is 1.59. The van der Waals surface area contributed by atoms with Crippen LogP contribution in [0.15, 0.2) is 0 Å². The molecule has 0 aromatic heterocycles. The van der Waals surface area contributed by atoms with Crippen LogP contribution in [0.2, 0.25) is 0 Å². The average molecular weight is 200 g/mol. The maximum atomic E-state index is 11.1. The molecule has 0 aromatic carbocycles. The maximum absolute atomic E-state index is 11.1. The normalized spacial score (nSPS) is 13.8. The first-order valence-electron chi connectivity index (χ1n) is 2.18. The van der Waals surface area contributed by atoms with Crippen molar-refractivity contribution in [3.63, 3.8) is 0 Å². The zero-order valence-electron chi connectivity index (χ0n) is 5.68. The molecule has 0 aliphatic carbocycles. The van der Waals surface area contributed by atoms with Gasteiger partial charge in [-0.3, -0.25) is 8.95 Å². The van der Waals surface area contributed by atoms with Gasteiger partial charge in [-0.25, -0.2) is 0 Å². The SMILES string of the molecule is O=S([O-])CCOC(F)(F)F.[Na+]. The molecule has 8 heteroatoms. The molecule has 62 valence electrons. The third-order valence-corrected chi connectivity index (χ3v) is 1.02. The number of rotatable bonds is 3. The monoisotopic (exact) mass is 200 g/mol. The molecular weight excluding hydrogens is 196 g/mol. The van der Waals surface area contributed by atoms with Gasteiger partial charge in [0.25, 0.3) is 0 Å². The van der Waals surface area contributed by atoms with Crippen molar-refractivity contribution in [2.75, 3.05) is 12.4 Å². The smallest absolute Gasteiger partial charge is 0.772 e. The molecule has 0 aliphatic heterocycles. The fourth-order valence-corrected chi connectivity index (χ4v) is 0.445. The molecule has 0 saturated carbocycles. The Hall–Kier alpha value is 0.860. The van der Waals surface area contributed by atoms with Crippen molar-refractivity contribution in [1.29, 1.82) is 0 Å². The predicted molar refractivity (Wildman–Crippen MR) is 25.8 cm³/mol. The Kier molecular flexibility index (Phi) is 8.35. The quantitative estimate of drug-likeness (QED) is 0.371. The summed E-state index contributed by atoms with van der Waals surface area (Å²) in [5.74, 6) is -0.639. The Morgan fingerprint density at radius 2 is 1.91 bits per heavy atom. The molecule has 0 amide bonds. The van der Waals surface area contributed by atoms with Gasteiger partial charge < -0.3 is 4.55 Å². The summed E-state index contributed by atoms with van der Waals surface area (Å²) < 4.78 is 55.7. The standard InChI is InChI=1S/C3H5F3O3S.Na/c4-3(5,6)9-1-2-10(7)8;/h1-2H2,(H,7,8);/q;+1/p-1. The second kappa shape index (κ2) is 6.38. The molecule has 3 nitrogen and oxygen atoms in total. The summed E-state index contributed by atoms with van der Waals surface area (Å²) in [6, 6.07) is 0. The Labute approximate surface area is 85.9 Å². The summed E-state index contributed by atoms with van der Waals surface area (Å²) in [6.07, 6.45) is -4.74. The van der Waals surface area contributed by atoms with E-state index in [-0.39, 0.29) is 29.6 Å². The molecule has 0 aromatic rings. The Morgan fingerprint density at radius 3 is 2.18 bits per heavy atom. The Bertz CT molecular complexity index is 127. The van der Waals surface area contributed by atoms with Crippen molar-refractivity contribution in [3.05, 3.63) is 0 Å². The van der Waals surface area contributed by atoms with E-state index in [0.29, 0.717) is 0 Å². The van der Waals surface area contributed by atoms with Crippen molar-refractivity contribution in [2.45, 2.75) is 6.36 Å². The van der Waals surface area contributed by atoms with E-state index in [1.165, 1.54) is 0 Å². The molecule has 0 N–H and O–H groups in total. The molecule has 0 aliphatic rings. The topological polar surface area (TPSA) is 49.4 Å². The minimum atomic E-state index is -4.74. The van der Waals surface area contributed by atoms with E-state index in [1.807, 2.05) is 0 Å². The summed E-state index contributed by atoms with van der Waals surface area (Å²) in [7, 11) is 0. The number of halogens is 3. The van der Waals surface area contributed by atoms with Gasteiger partial charge in [0.2, 0.25) is 0 Å². The van der Waals surface area contributed by atoms with Gasteiger partial charge in [0.1, 0.15) is 0 Å². The number of hydrogen-bond donors (Lipinski definition) is 0. The molecule has 1 unspecified atom stereocenters. The van der Waals surface area contributed by atoms with Crippen LogP contribution in [0.25, 0.3) is 0 Å². The molecule has 0 fully saturated rings. The Morgan fingerprint density at radius 1 is 1.45 bits per heavy atom. The van der Waals surface area contributed by atoms with Crippen LogP contribution in [0.5, 0.6) is 0 Å². The van der Waals surface area contributed by atoms with Crippen LogP contribution in [-0.4, -0.2) is 27.5 Å². The first-order valence-corrected chi connectivity index (χ1v) is 3.43. The molecule has 0 rings (SSSR count). The molecule has 0 radical (unpaired) electrons. The van der Waals surface area contributed by atoms with E-state index in [1.54, 1.807) is 0 Å². The van der Waals surface area contributed by atoms with E-state index in [2.05, 4.69) is 4.74 Å². The maximum Gasteiger partial charge on any atom is 1.00 e. The minimum absolute atomic E-state index is 0. The van der Waals surface area contributed by atoms with Crippen LogP contribution in [0.3, 0.4) is 0 Å². The largest absolute Gasteiger partial charge is 1.00 e. The molecule has 0 heterocycles. The van der Waals surface area contributed by atoms with Crippen molar-refractivity contribution in [2.24, 2.45) is 0 Å². The van der Waals surface area contributed by atoms with Gasteiger partial charge in [0.15, 0.2) is 0 Å². The van der Waals surface area contributed by atoms with E-state index in [4.69, 9.17) is 0 Å². The van der Waals surface area contributed by atoms with Crippen molar-refractivity contribution < 1.29 is 56.2 Å². The predicted octanol–water partition coefficient (Wildman–Crippen LogP) is -2.59. The molecule has 1 atom stereocenters. The van der Waals surface area contributed by atoms with Crippen LogP contribution in [0.1, 0.15) is 0 Å². The van der Waals surface area contributed by atoms with Gasteiger partial charge in [-0.15, -0.1) is 13.2 Å². The number of ether oxygens (including phenoxy) is 1. The van der Waals surface area contributed by atoms with Gasteiger partial charge in [0.05, 0.1) is 6.61 Å². The first kappa shape index (κ1) is 14.4. The van der Waals surface area contributed by atoms with Gasteiger partial charge in [0, 0.05) is 5.75 Å². The van der Waals surface area contributed by atoms with E-state index >= 15 is 0 Å². The van der Waals surface area contributed by atoms with E-state index < -0.39 is 29.8 Å². The number of alkyl halides is 3. The molecule has 0 saturated heterocycles. The Balaban J connectivity index is 0. The van der Waals surface area contributed by atoms with Gasteiger partial charge in [-0.1, -0.05) is 11.1 Å². The van der Waals surface area contributed by atoms with E-state index in [0.717, 1.165) is 0 Å². The summed E-state index contributed by atoms with van der Waals surface area (Å²) in [6.45, 7) is -0.848. The summed E-state index contributed by atoms with van der Waals surface area (Å²) in [4.78, 5) is 0. The van der Waals surface area contributed by atoms with Gasteiger partial charge >= 0.3 is 35.9 Å². The van der Waals surface area contributed by atoms with E-state index in [9.17, 15) is 21.9 Å². The zero-order chi connectivity index (χ0) is 8.20. The van der Waals surface area contributed by atoms with Crippen LogP contribution in [-0.2, 0) is 15.8 Å². The number of hydrogen-bond acceptors (Lipinski definition) is 3. The van der Waals surface area contributed by atoms with Crippen LogP contribution >= 0.6 is 0 Å². The van der Waals surface area contributed by atoms with Crippen molar-refractivity contribution in [3.8, 4) is 0 Å². The fraction of sp³-hybridized carbons (Fsp3) is 1.00. The molecule has 0 bridgehead atoms. The van der Waals surface area contributed by atoms with Crippen molar-refractivity contribution in [1.82, 2.24) is 0 Å². The summed E-state index contributed by atoms with van der Waals surface area (Å²) >= 11 is -2.48. The summed E-state index contributed by atoms with van der Waals surface area (Å²) in [5.41, 5.74) is 0. The van der Waals surface area contributed by atoms with Crippen LogP contribution in [0.4, 0.5) is 13.2 Å². The molecule has 11 heavy (non-hydrogen) atoms. The first-order chi connectivity index (χ1) is 4.42. The second-order valence-electron chi connectivity index (χ2n) is 1.30. The van der Waals surface area contributed by atoms with Gasteiger partial charge in [-0.2, -0.15) is 0 Å². The molecular formula is C3H4F3NaO3S. The van der Waals surface area contributed by atoms with Crippen LogP contribution < -0.4 is 29.6 Å².